The second kappa shape index (κ2) is 15.5. The highest BCUT2D eigenvalue weighted by Gasteiger charge is 2.46. The first-order valence-corrected chi connectivity index (χ1v) is 13.9. The first kappa shape index (κ1) is 30.5. The standard InChI is InChI=1S/C27H37N5O9/c33-22-5-4-20(25(35)30-22)32-26(36)19-2-1-3-21(24(19)27(32)37)41-18-23(34)29-8-12-38-14-16-40-17-15-39-13-11-31-9-6-28-7-10-31/h1-3,20,28H,4-18H2,(H,29,34)(H,30,33,35). The Morgan fingerprint density at radius 3 is 2.37 bits per heavy atom. The molecule has 0 spiro atoms. The maximum atomic E-state index is 13.1. The number of benzene rings is 1. The predicted octanol–water partition coefficient (Wildman–Crippen LogP) is -1.46. The summed E-state index contributed by atoms with van der Waals surface area (Å²) in [5.74, 6) is -2.86. The Balaban J connectivity index is 1.07. The van der Waals surface area contributed by atoms with E-state index in [1.165, 1.54) is 18.2 Å². The van der Waals surface area contributed by atoms with Gasteiger partial charge in [-0.05, 0) is 18.6 Å². The minimum atomic E-state index is -1.08. The number of amides is 5. The topological polar surface area (TPSA) is 165 Å². The van der Waals surface area contributed by atoms with Gasteiger partial charge in [0.25, 0.3) is 17.7 Å². The van der Waals surface area contributed by atoms with E-state index in [0.29, 0.717) is 33.0 Å². The molecule has 3 N–H and O–H groups in total. The molecule has 1 unspecified atom stereocenters. The van der Waals surface area contributed by atoms with E-state index < -0.39 is 35.6 Å². The summed E-state index contributed by atoms with van der Waals surface area (Å²) in [6.07, 6.45) is 0.0747. The van der Waals surface area contributed by atoms with Crippen LogP contribution in [-0.4, -0.2) is 131 Å². The minimum Gasteiger partial charge on any atom is -0.483 e. The molecule has 1 aromatic rings. The third-order valence-corrected chi connectivity index (χ3v) is 6.86. The summed E-state index contributed by atoms with van der Waals surface area (Å²) in [6, 6.07) is 3.38. The summed E-state index contributed by atoms with van der Waals surface area (Å²) in [7, 11) is 0. The van der Waals surface area contributed by atoms with Gasteiger partial charge < -0.3 is 29.6 Å². The summed E-state index contributed by atoms with van der Waals surface area (Å²) in [5, 5.41) is 8.13. The SMILES string of the molecule is O=C(COc1cccc2c1C(=O)N(C1CCC(=O)NC1=O)C2=O)NCCOCCOCCOCCN1CCNCC1. The van der Waals surface area contributed by atoms with Gasteiger partial charge in [0.1, 0.15) is 11.8 Å². The first-order valence-electron chi connectivity index (χ1n) is 13.9. The molecule has 2 fully saturated rings. The highest BCUT2D eigenvalue weighted by Crippen LogP contribution is 2.33. The molecule has 4 rings (SSSR count). The van der Waals surface area contributed by atoms with Gasteiger partial charge in [0, 0.05) is 45.7 Å². The van der Waals surface area contributed by atoms with Crippen molar-refractivity contribution in [2.75, 3.05) is 85.5 Å². The van der Waals surface area contributed by atoms with Crippen molar-refractivity contribution in [3.63, 3.8) is 0 Å². The maximum absolute atomic E-state index is 13.1. The van der Waals surface area contributed by atoms with E-state index >= 15 is 0 Å². The molecule has 5 amide bonds. The molecule has 3 aliphatic heterocycles. The van der Waals surface area contributed by atoms with Crippen molar-refractivity contribution in [1.29, 1.82) is 0 Å². The lowest BCUT2D eigenvalue weighted by atomic mass is 10.0. The second-order valence-corrected chi connectivity index (χ2v) is 9.69. The van der Waals surface area contributed by atoms with E-state index in [1.54, 1.807) is 0 Å². The number of imide groups is 2. The highest BCUT2D eigenvalue weighted by molar-refractivity contribution is 6.24. The van der Waals surface area contributed by atoms with Crippen molar-refractivity contribution in [1.82, 2.24) is 25.8 Å². The number of carbonyl (C=O) groups excluding carboxylic acids is 5. The fraction of sp³-hybridized carbons (Fsp3) is 0.593. The van der Waals surface area contributed by atoms with E-state index in [1.807, 2.05) is 0 Å². The third kappa shape index (κ3) is 8.53. The van der Waals surface area contributed by atoms with Gasteiger partial charge in [-0.1, -0.05) is 6.07 Å². The predicted molar refractivity (Wildman–Crippen MR) is 143 cm³/mol. The van der Waals surface area contributed by atoms with E-state index in [4.69, 9.17) is 18.9 Å². The van der Waals surface area contributed by atoms with Crippen LogP contribution in [-0.2, 0) is 28.6 Å². The zero-order valence-electron chi connectivity index (χ0n) is 23.0. The van der Waals surface area contributed by atoms with Crippen LogP contribution in [0.1, 0.15) is 33.6 Å². The fourth-order valence-electron chi connectivity index (χ4n) is 4.73. The average molecular weight is 576 g/mol. The lowest BCUT2D eigenvalue weighted by molar-refractivity contribution is -0.136. The number of piperazine rings is 1. The van der Waals surface area contributed by atoms with Crippen molar-refractivity contribution in [2.45, 2.75) is 18.9 Å². The largest absolute Gasteiger partial charge is 0.483 e. The molecule has 14 nitrogen and oxygen atoms in total. The maximum Gasteiger partial charge on any atom is 0.266 e. The van der Waals surface area contributed by atoms with Crippen LogP contribution in [0.4, 0.5) is 0 Å². The van der Waals surface area contributed by atoms with E-state index in [-0.39, 0.29) is 49.5 Å². The number of hydrogen-bond donors (Lipinski definition) is 3. The molecule has 3 aliphatic rings. The van der Waals surface area contributed by atoms with Crippen LogP contribution in [0, 0.1) is 0 Å². The van der Waals surface area contributed by atoms with Crippen LogP contribution in [0.3, 0.4) is 0 Å². The van der Waals surface area contributed by atoms with Gasteiger partial charge >= 0.3 is 0 Å². The lowest BCUT2D eigenvalue weighted by Gasteiger charge is -2.27. The molecule has 1 aromatic carbocycles. The highest BCUT2D eigenvalue weighted by atomic mass is 16.5. The van der Waals surface area contributed by atoms with Crippen molar-refractivity contribution in [2.24, 2.45) is 0 Å². The zero-order chi connectivity index (χ0) is 29.0. The van der Waals surface area contributed by atoms with Crippen LogP contribution < -0.4 is 20.7 Å². The van der Waals surface area contributed by atoms with Crippen molar-refractivity contribution < 1.29 is 42.9 Å². The zero-order valence-corrected chi connectivity index (χ0v) is 23.0. The summed E-state index contributed by atoms with van der Waals surface area (Å²) in [6.45, 7) is 7.73. The number of ether oxygens (including phenoxy) is 4. The van der Waals surface area contributed by atoms with Gasteiger partial charge in [-0.2, -0.15) is 0 Å². The Bertz CT molecular complexity index is 1110. The summed E-state index contributed by atoms with van der Waals surface area (Å²) in [4.78, 5) is 65.1. The number of piperidine rings is 1. The Morgan fingerprint density at radius 2 is 1.63 bits per heavy atom. The molecule has 0 radical (unpaired) electrons. The van der Waals surface area contributed by atoms with Crippen LogP contribution in [0.2, 0.25) is 0 Å². The molecule has 224 valence electrons. The molecule has 41 heavy (non-hydrogen) atoms. The molecule has 0 saturated carbocycles. The lowest BCUT2D eigenvalue weighted by Crippen LogP contribution is -2.54. The van der Waals surface area contributed by atoms with Gasteiger partial charge in [0.15, 0.2) is 6.61 Å². The van der Waals surface area contributed by atoms with Crippen LogP contribution in [0.15, 0.2) is 18.2 Å². The number of hydrogen-bond acceptors (Lipinski definition) is 11. The Hall–Kier alpha value is -3.43. The van der Waals surface area contributed by atoms with Crippen molar-refractivity contribution in [3.05, 3.63) is 29.3 Å². The molecule has 2 saturated heterocycles. The quantitative estimate of drug-likeness (QED) is 0.156. The normalized spacial score (nSPS) is 19.3. The van der Waals surface area contributed by atoms with Gasteiger partial charge in [-0.25, -0.2) is 0 Å². The summed E-state index contributed by atoms with van der Waals surface area (Å²) < 4.78 is 22.1. The molecule has 0 aromatic heterocycles. The average Bonchev–Trinajstić information content (AvgIpc) is 3.23. The number of carbonyl (C=O) groups is 5. The second-order valence-electron chi connectivity index (χ2n) is 9.69. The Labute approximate surface area is 238 Å². The Morgan fingerprint density at radius 1 is 0.927 bits per heavy atom. The Kier molecular flexibility index (Phi) is 11.6. The first-order chi connectivity index (χ1) is 20.0. The number of nitrogens with zero attached hydrogens (tertiary/aromatic N) is 2. The van der Waals surface area contributed by atoms with E-state index in [2.05, 4.69) is 20.9 Å². The van der Waals surface area contributed by atoms with Crippen molar-refractivity contribution in [3.8, 4) is 5.75 Å². The summed E-state index contributed by atoms with van der Waals surface area (Å²) >= 11 is 0. The number of nitrogens with one attached hydrogen (secondary N) is 3. The molecule has 0 aliphatic carbocycles. The minimum absolute atomic E-state index is 0.0108. The smallest absolute Gasteiger partial charge is 0.266 e. The molecule has 0 bridgehead atoms. The number of fused-ring (bicyclic) bond motifs is 1. The molecular formula is C27H37N5O9. The van der Waals surface area contributed by atoms with Gasteiger partial charge in [-0.15, -0.1) is 0 Å². The van der Waals surface area contributed by atoms with Crippen LogP contribution in [0.25, 0.3) is 0 Å². The van der Waals surface area contributed by atoms with Gasteiger partial charge in [-0.3, -0.25) is 39.1 Å². The molecular weight excluding hydrogens is 538 g/mol. The van der Waals surface area contributed by atoms with Gasteiger partial charge in [0.2, 0.25) is 11.8 Å². The third-order valence-electron chi connectivity index (χ3n) is 6.86. The number of rotatable bonds is 16. The monoisotopic (exact) mass is 575 g/mol. The van der Waals surface area contributed by atoms with Crippen LogP contribution in [0.5, 0.6) is 5.75 Å². The van der Waals surface area contributed by atoms with Crippen LogP contribution >= 0.6 is 0 Å². The van der Waals surface area contributed by atoms with Crippen molar-refractivity contribution >= 4 is 29.5 Å². The van der Waals surface area contributed by atoms with Gasteiger partial charge in [0.05, 0.1) is 50.8 Å². The van der Waals surface area contributed by atoms with E-state index in [0.717, 1.165) is 37.6 Å². The molecule has 14 heteroatoms. The van der Waals surface area contributed by atoms with E-state index in [9.17, 15) is 24.0 Å². The molecule has 1 atom stereocenters. The summed E-state index contributed by atoms with van der Waals surface area (Å²) in [5.41, 5.74) is 0.0679. The fourth-order valence-corrected chi connectivity index (χ4v) is 4.73. The molecule has 3 heterocycles.